The van der Waals surface area contributed by atoms with Crippen LogP contribution >= 0.6 is 23.1 Å². The number of rotatable bonds is 5. The molecule has 1 aliphatic heterocycles. The molecule has 0 unspecified atom stereocenters. The number of hydrogen-bond acceptors (Lipinski definition) is 5. The zero-order valence-corrected chi connectivity index (χ0v) is 14.1. The second kappa shape index (κ2) is 7.43. The van der Waals surface area contributed by atoms with Gasteiger partial charge in [0.15, 0.2) is 0 Å². The van der Waals surface area contributed by atoms with Crippen LogP contribution in [0.3, 0.4) is 0 Å². The smallest absolute Gasteiger partial charge is 0.239 e. The molecule has 1 aromatic heterocycles. The molecule has 0 aliphatic carbocycles. The molecule has 0 N–H and O–H groups in total. The van der Waals surface area contributed by atoms with Crippen LogP contribution in [0.15, 0.2) is 6.20 Å². The summed E-state index contributed by atoms with van der Waals surface area (Å²) in [5.74, 6) is 2.50. The number of carbonyl (C=O) groups is 1. The molecule has 4 nitrogen and oxygen atoms in total. The molecule has 0 bridgehead atoms. The van der Waals surface area contributed by atoms with E-state index in [1.54, 1.807) is 11.3 Å². The highest BCUT2D eigenvalue weighted by molar-refractivity contribution is 7.99. The van der Waals surface area contributed by atoms with Crippen LogP contribution in [0.4, 0.5) is 0 Å². The van der Waals surface area contributed by atoms with Gasteiger partial charge in [-0.1, -0.05) is 0 Å². The summed E-state index contributed by atoms with van der Waals surface area (Å²) in [6.07, 6.45) is 2.75. The second-order valence-corrected chi connectivity index (χ2v) is 7.74. The second-order valence-electron chi connectivity index (χ2n) is 5.20. The van der Waals surface area contributed by atoms with E-state index in [0.717, 1.165) is 42.6 Å². The molecule has 1 aromatic rings. The van der Waals surface area contributed by atoms with E-state index in [4.69, 9.17) is 0 Å². The first kappa shape index (κ1) is 15.8. The highest BCUT2D eigenvalue weighted by Crippen LogP contribution is 2.14. The minimum atomic E-state index is -0.000990. The number of hydrogen-bond donors (Lipinski definition) is 0. The Balaban J connectivity index is 1.81. The molecule has 0 radical (unpaired) electrons. The fraction of sp³-hybridized carbons (Fsp3) is 0.714. The number of nitrogens with zero attached hydrogens (tertiary/aromatic N) is 3. The first-order valence-electron chi connectivity index (χ1n) is 7.06. The summed E-state index contributed by atoms with van der Waals surface area (Å²) in [7, 11) is 1.90. The molecule has 1 aliphatic rings. The molecular formula is C14H23N3OS2. The van der Waals surface area contributed by atoms with Crippen molar-refractivity contribution in [3.8, 4) is 0 Å². The summed E-state index contributed by atoms with van der Waals surface area (Å²) < 4.78 is 0. The van der Waals surface area contributed by atoms with Crippen molar-refractivity contribution >= 4 is 29.0 Å². The minimum Gasteiger partial charge on any atom is -0.344 e. The summed E-state index contributed by atoms with van der Waals surface area (Å²) in [4.78, 5) is 22.2. The van der Waals surface area contributed by atoms with Crippen LogP contribution in [-0.2, 0) is 11.2 Å². The number of carbonyl (C=O) groups excluding carboxylic acids is 1. The van der Waals surface area contributed by atoms with Gasteiger partial charge in [-0.2, -0.15) is 11.8 Å². The van der Waals surface area contributed by atoms with Gasteiger partial charge in [0.25, 0.3) is 0 Å². The van der Waals surface area contributed by atoms with E-state index in [-0.39, 0.29) is 11.9 Å². The quantitative estimate of drug-likeness (QED) is 0.832. The lowest BCUT2D eigenvalue weighted by molar-refractivity contribution is -0.134. The third kappa shape index (κ3) is 4.20. The van der Waals surface area contributed by atoms with Crippen molar-refractivity contribution < 1.29 is 4.79 Å². The molecule has 0 saturated carbocycles. The summed E-state index contributed by atoms with van der Waals surface area (Å²) in [5.41, 5.74) is 0. The predicted octanol–water partition coefficient (Wildman–Crippen LogP) is 1.89. The fourth-order valence-corrected chi connectivity index (χ4v) is 4.04. The van der Waals surface area contributed by atoms with Gasteiger partial charge in [-0.3, -0.25) is 9.69 Å². The summed E-state index contributed by atoms with van der Waals surface area (Å²) in [6, 6.07) is -0.000990. The zero-order chi connectivity index (χ0) is 14.5. The van der Waals surface area contributed by atoms with Crippen LogP contribution in [0.5, 0.6) is 0 Å². The van der Waals surface area contributed by atoms with Gasteiger partial charge in [-0.25, -0.2) is 4.98 Å². The third-order valence-corrected chi connectivity index (χ3v) is 5.57. The van der Waals surface area contributed by atoms with E-state index < -0.39 is 0 Å². The van der Waals surface area contributed by atoms with Gasteiger partial charge in [0, 0.05) is 55.7 Å². The van der Waals surface area contributed by atoms with Gasteiger partial charge in [-0.05, 0) is 13.8 Å². The largest absolute Gasteiger partial charge is 0.344 e. The Morgan fingerprint density at radius 3 is 2.80 bits per heavy atom. The van der Waals surface area contributed by atoms with Crippen LogP contribution < -0.4 is 0 Å². The van der Waals surface area contributed by atoms with Gasteiger partial charge in [0.1, 0.15) is 0 Å². The molecule has 0 spiro atoms. The van der Waals surface area contributed by atoms with E-state index >= 15 is 0 Å². The molecule has 1 saturated heterocycles. The average Bonchev–Trinajstić information content (AvgIpc) is 2.89. The number of likely N-dealkylation sites (N-methyl/N-ethyl adjacent to an activating group) is 1. The maximum absolute atomic E-state index is 12.4. The topological polar surface area (TPSA) is 36.4 Å². The van der Waals surface area contributed by atoms with E-state index in [1.165, 1.54) is 4.88 Å². The van der Waals surface area contributed by atoms with Gasteiger partial charge >= 0.3 is 0 Å². The van der Waals surface area contributed by atoms with Gasteiger partial charge < -0.3 is 4.90 Å². The Bertz CT molecular complexity index is 443. The Labute approximate surface area is 129 Å². The van der Waals surface area contributed by atoms with Gasteiger partial charge in [0.05, 0.1) is 11.0 Å². The fourth-order valence-electron chi connectivity index (χ4n) is 2.33. The highest BCUT2D eigenvalue weighted by Gasteiger charge is 2.25. The summed E-state index contributed by atoms with van der Waals surface area (Å²) in [5, 5.41) is 1.11. The zero-order valence-electron chi connectivity index (χ0n) is 12.5. The van der Waals surface area contributed by atoms with E-state index in [0.29, 0.717) is 0 Å². The van der Waals surface area contributed by atoms with Crippen molar-refractivity contribution in [3.63, 3.8) is 0 Å². The highest BCUT2D eigenvalue weighted by atomic mass is 32.2. The molecule has 20 heavy (non-hydrogen) atoms. The minimum absolute atomic E-state index is 0.000990. The SMILES string of the molecule is Cc1cnc(CCN(C)C(=O)[C@H](C)N2CCSCC2)s1. The number of aryl methyl sites for hydroxylation is 1. The van der Waals surface area contributed by atoms with Crippen LogP contribution in [-0.4, -0.2) is 64.9 Å². The lowest BCUT2D eigenvalue weighted by atomic mass is 10.2. The molecule has 2 heterocycles. The molecule has 2 rings (SSSR count). The van der Waals surface area contributed by atoms with Crippen molar-refractivity contribution in [2.45, 2.75) is 26.3 Å². The van der Waals surface area contributed by atoms with E-state index in [2.05, 4.69) is 16.8 Å². The van der Waals surface area contributed by atoms with Crippen molar-refractivity contribution in [3.05, 3.63) is 16.1 Å². The van der Waals surface area contributed by atoms with Crippen molar-refractivity contribution in [1.82, 2.24) is 14.8 Å². The third-order valence-electron chi connectivity index (χ3n) is 3.66. The van der Waals surface area contributed by atoms with Crippen LogP contribution in [0.2, 0.25) is 0 Å². The Hall–Kier alpha value is -0.590. The normalized spacial score (nSPS) is 17.9. The van der Waals surface area contributed by atoms with Crippen molar-refractivity contribution in [1.29, 1.82) is 0 Å². The molecule has 1 amide bonds. The number of thiazole rings is 1. The molecule has 1 atom stereocenters. The number of amides is 1. The van der Waals surface area contributed by atoms with Gasteiger partial charge in [0.2, 0.25) is 5.91 Å². The van der Waals surface area contributed by atoms with Gasteiger partial charge in [-0.15, -0.1) is 11.3 Å². The Morgan fingerprint density at radius 2 is 2.20 bits per heavy atom. The van der Waals surface area contributed by atoms with E-state index in [9.17, 15) is 4.79 Å². The molecular weight excluding hydrogens is 290 g/mol. The van der Waals surface area contributed by atoms with Crippen LogP contribution in [0, 0.1) is 6.92 Å². The maximum atomic E-state index is 12.4. The van der Waals surface area contributed by atoms with Crippen LogP contribution in [0.1, 0.15) is 16.8 Å². The lowest BCUT2D eigenvalue weighted by Crippen LogP contribution is -2.49. The summed E-state index contributed by atoms with van der Waals surface area (Å²) >= 11 is 3.69. The molecule has 6 heteroatoms. The van der Waals surface area contributed by atoms with Crippen molar-refractivity contribution in [2.75, 3.05) is 38.2 Å². The Kier molecular flexibility index (Phi) is 5.86. The standard InChI is InChI=1S/C14H23N3OS2/c1-11-10-15-13(20-11)4-5-16(3)14(18)12(2)17-6-8-19-9-7-17/h10,12H,4-9H2,1-3H3/t12-/m0/s1. The lowest BCUT2D eigenvalue weighted by Gasteiger charge is -2.33. The van der Waals surface area contributed by atoms with Crippen LogP contribution in [0.25, 0.3) is 0 Å². The van der Waals surface area contributed by atoms with E-state index in [1.807, 2.05) is 36.8 Å². The molecule has 0 aromatic carbocycles. The first-order valence-corrected chi connectivity index (χ1v) is 9.03. The molecule has 1 fully saturated rings. The average molecular weight is 313 g/mol. The molecule has 112 valence electrons. The maximum Gasteiger partial charge on any atom is 0.239 e. The Morgan fingerprint density at radius 1 is 1.50 bits per heavy atom. The summed E-state index contributed by atoms with van der Waals surface area (Å²) in [6.45, 7) is 6.89. The van der Waals surface area contributed by atoms with Crippen molar-refractivity contribution in [2.24, 2.45) is 0 Å². The number of thioether (sulfide) groups is 1. The predicted molar refractivity (Wildman–Crippen MR) is 86.6 cm³/mol. The monoisotopic (exact) mass is 313 g/mol. The number of aromatic nitrogens is 1. The first-order chi connectivity index (χ1) is 9.58.